The minimum absolute atomic E-state index is 0.250. The smallest absolute Gasteiger partial charge is 0.406 e. The van der Waals surface area contributed by atoms with Crippen molar-refractivity contribution in [2.45, 2.75) is 25.6 Å². The highest BCUT2D eigenvalue weighted by Crippen LogP contribution is 2.34. The Labute approximate surface area is 173 Å². The molecule has 0 spiro atoms. The molecule has 0 saturated carbocycles. The van der Waals surface area contributed by atoms with Crippen LogP contribution in [0.25, 0.3) is 16.9 Å². The standard InChI is InChI=1S/C20H17F3IN3O/c21-20(22,23)28-16-10-8-15(9-11-16)27-19-17(3-1-2-12-25-19)18(26-27)13-4-6-14(24)7-5-13/h4-11,25H,1-3,12H2. The molecule has 2 aromatic carbocycles. The number of aromatic nitrogens is 2. The summed E-state index contributed by atoms with van der Waals surface area (Å²) >= 11 is 2.26. The predicted octanol–water partition coefficient (Wildman–Crippen LogP) is 5.79. The van der Waals surface area contributed by atoms with E-state index in [1.54, 1.807) is 16.8 Å². The van der Waals surface area contributed by atoms with E-state index >= 15 is 0 Å². The second-order valence-electron chi connectivity index (χ2n) is 6.52. The van der Waals surface area contributed by atoms with Gasteiger partial charge in [-0.1, -0.05) is 12.1 Å². The van der Waals surface area contributed by atoms with Gasteiger partial charge in [0.15, 0.2) is 0 Å². The summed E-state index contributed by atoms with van der Waals surface area (Å²) in [6.07, 6.45) is -1.69. The van der Waals surface area contributed by atoms with E-state index in [0.717, 1.165) is 52.0 Å². The van der Waals surface area contributed by atoms with Gasteiger partial charge in [-0.05, 0) is 78.3 Å². The summed E-state index contributed by atoms with van der Waals surface area (Å²) in [6, 6.07) is 13.9. The topological polar surface area (TPSA) is 39.1 Å². The third-order valence-electron chi connectivity index (χ3n) is 4.56. The average Bonchev–Trinajstić information content (AvgIpc) is 2.83. The minimum Gasteiger partial charge on any atom is -0.406 e. The molecule has 0 amide bonds. The van der Waals surface area contributed by atoms with Gasteiger partial charge in [-0.2, -0.15) is 5.10 Å². The van der Waals surface area contributed by atoms with Crippen molar-refractivity contribution in [1.82, 2.24) is 9.78 Å². The van der Waals surface area contributed by atoms with E-state index < -0.39 is 6.36 Å². The normalized spacial score (nSPS) is 14.1. The SMILES string of the molecule is FC(F)(F)Oc1ccc(-n2nc(-c3ccc(I)cc3)c3c2NCCCC3)cc1. The highest BCUT2D eigenvalue weighted by Gasteiger charge is 2.31. The zero-order valence-corrected chi connectivity index (χ0v) is 16.9. The molecular weight excluding hydrogens is 482 g/mol. The number of halogens is 4. The molecule has 1 N–H and O–H groups in total. The van der Waals surface area contributed by atoms with E-state index in [-0.39, 0.29) is 5.75 Å². The number of nitrogens with zero attached hydrogens (tertiary/aromatic N) is 2. The summed E-state index contributed by atoms with van der Waals surface area (Å²) in [5, 5.41) is 8.23. The Morgan fingerprint density at radius 2 is 1.71 bits per heavy atom. The van der Waals surface area contributed by atoms with Crippen molar-refractivity contribution in [3.05, 3.63) is 57.7 Å². The van der Waals surface area contributed by atoms with Gasteiger partial charge in [0, 0.05) is 21.2 Å². The van der Waals surface area contributed by atoms with Crippen molar-refractivity contribution in [3.8, 4) is 22.7 Å². The maximum atomic E-state index is 12.4. The molecule has 1 aliphatic heterocycles. The summed E-state index contributed by atoms with van der Waals surface area (Å²) in [5.41, 5.74) is 3.74. The molecule has 1 aliphatic rings. The van der Waals surface area contributed by atoms with Crippen molar-refractivity contribution < 1.29 is 17.9 Å². The molecule has 28 heavy (non-hydrogen) atoms. The van der Waals surface area contributed by atoms with E-state index in [1.165, 1.54) is 12.1 Å². The van der Waals surface area contributed by atoms with Crippen LogP contribution in [0.1, 0.15) is 18.4 Å². The third kappa shape index (κ3) is 4.11. The number of hydrogen-bond donors (Lipinski definition) is 1. The van der Waals surface area contributed by atoms with Crippen molar-refractivity contribution >= 4 is 28.4 Å². The first kappa shape index (κ1) is 19.1. The quantitative estimate of drug-likeness (QED) is 0.464. The van der Waals surface area contributed by atoms with Gasteiger partial charge in [-0.15, -0.1) is 13.2 Å². The highest BCUT2D eigenvalue weighted by molar-refractivity contribution is 14.1. The number of nitrogens with one attached hydrogen (secondary N) is 1. The monoisotopic (exact) mass is 499 g/mol. The van der Waals surface area contributed by atoms with Crippen LogP contribution in [0.5, 0.6) is 5.75 Å². The fourth-order valence-electron chi connectivity index (χ4n) is 3.32. The van der Waals surface area contributed by atoms with Crippen LogP contribution < -0.4 is 10.1 Å². The molecule has 2 heterocycles. The number of rotatable bonds is 3. The first-order valence-electron chi connectivity index (χ1n) is 8.88. The highest BCUT2D eigenvalue weighted by atomic mass is 127. The van der Waals surface area contributed by atoms with Crippen LogP contribution in [0, 0.1) is 3.57 Å². The van der Waals surface area contributed by atoms with Crippen molar-refractivity contribution in [1.29, 1.82) is 0 Å². The van der Waals surface area contributed by atoms with Crippen LogP contribution in [0.2, 0.25) is 0 Å². The summed E-state index contributed by atoms with van der Waals surface area (Å²) in [6.45, 7) is 0.833. The maximum Gasteiger partial charge on any atom is 0.573 e. The number of fused-ring (bicyclic) bond motifs is 1. The van der Waals surface area contributed by atoms with Crippen LogP contribution in [0.4, 0.5) is 19.0 Å². The molecule has 0 saturated heterocycles. The lowest BCUT2D eigenvalue weighted by Crippen LogP contribution is -2.17. The van der Waals surface area contributed by atoms with Crippen LogP contribution in [-0.4, -0.2) is 22.7 Å². The Balaban J connectivity index is 1.76. The number of benzene rings is 2. The summed E-state index contributed by atoms with van der Waals surface area (Å²) in [4.78, 5) is 0. The zero-order valence-electron chi connectivity index (χ0n) is 14.8. The summed E-state index contributed by atoms with van der Waals surface area (Å²) < 4.78 is 44.1. The largest absolute Gasteiger partial charge is 0.573 e. The van der Waals surface area contributed by atoms with Crippen molar-refractivity contribution in [2.24, 2.45) is 0 Å². The fraction of sp³-hybridized carbons (Fsp3) is 0.250. The number of hydrogen-bond acceptors (Lipinski definition) is 3. The average molecular weight is 499 g/mol. The first-order valence-corrected chi connectivity index (χ1v) is 9.96. The van der Waals surface area contributed by atoms with Crippen molar-refractivity contribution in [2.75, 3.05) is 11.9 Å². The second-order valence-corrected chi connectivity index (χ2v) is 7.77. The number of ether oxygens (including phenoxy) is 1. The fourth-order valence-corrected chi connectivity index (χ4v) is 3.68. The van der Waals surface area contributed by atoms with Gasteiger partial charge in [0.1, 0.15) is 11.6 Å². The summed E-state index contributed by atoms with van der Waals surface area (Å²) in [5.74, 6) is 0.649. The molecule has 0 atom stereocenters. The van der Waals surface area contributed by atoms with E-state index in [4.69, 9.17) is 5.10 Å². The van der Waals surface area contributed by atoms with E-state index in [1.807, 2.05) is 24.3 Å². The van der Waals surface area contributed by atoms with E-state index in [0.29, 0.717) is 5.69 Å². The molecule has 146 valence electrons. The third-order valence-corrected chi connectivity index (χ3v) is 5.28. The molecule has 3 aromatic rings. The Hall–Kier alpha value is -2.23. The molecule has 0 unspecified atom stereocenters. The van der Waals surface area contributed by atoms with Gasteiger partial charge < -0.3 is 10.1 Å². The second kappa shape index (κ2) is 7.65. The molecule has 0 aliphatic carbocycles. The molecule has 0 fully saturated rings. The number of anilines is 1. The number of alkyl halides is 3. The lowest BCUT2D eigenvalue weighted by molar-refractivity contribution is -0.274. The lowest BCUT2D eigenvalue weighted by Gasteiger charge is -2.11. The van der Waals surface area contributed by atoms with Gasteiger partial charge in [0.25, 0.3) is 0 Å². The molecule has 4 nitrogen and oxygen atoms in total. The summed E-state index contributed by atoms with van der Waals surface area (Å²) in [7, 11) is 0. The Kier molecular flexibility index (Phi) is 5.22. The van der Waals surface area contributed by atoms with Crippen LogP contribution in [0.15, 0.2) is 48.5 Å². The molecule has 0 bridgehead atoms. The Morgan fingerprint density at radius 1 is 1.00 bits per heavy atom. The van der Waals surface area contributed by atoms with Gasteiger partial charge >= 0.3 is 6.36 Å². The van der Waals surface area contributed by atoms with Crippen LogP contribution in [-0.2, 0) is 6.42 Å². The minimum atomic E-state index is -4.70. The molecular formula is C20H17F3IN3O. The zero-order chi connectivity index (χ0) is 19.7. The molecule has 4 rings (SSSR count). The maximum absolute atomic E-state index is 12.4. The Morgan fingerprint density at radius 3 is 2.39 bits per heavy atom. The van der Waals surface area contributed by atoms with Crippen LogP contribution in [0.3, 0.4) is 0 Å². The van der Waals surface area contributed by atoms with Gasteiger partial charge in [-0.3, -0.25) is 0 Å². The lowest BCUT2D eigenvalue weighted by atomic mass is 10.0. The first-order chi connectivity index (χ1) is 13.4. The molecule has 0 radical (unpaired) electrons. The Bertz CT molecular complexity index is 966. The van der Waals surface area contributed by atoms with Gasteiger partial charge in [0.05, 0.1) is 11.4 Å². The van der Waals surface area contributed by atoms with Crippen LogP contribution >= 0.6 is 22.6 Å². The van der Waals surface area contributed by atoms with E-state index in [2.05, 4.69) is 32.6 Å². The molecule has 1 aromatic heterocycles. The van der Waals surface area contributed by atoms with Gasteiger partial charge in [-0.25, -0.2) is 4.68 Å². The van der Waals surface area contributed by atoms with Crippen molar-refractivity contribution in [3.63, 3.8) is 0 Å². The predicted molar refractivity (Wildman–Crippen MR) is 110 cm³/mol. The molecule has 8 heteroatoms. The van der Waals surface area contributed by atoms with Gasteiger partial charge in [0.2, 0.25) is 0 Å². The van der Waals surface area contributed by atoms with E-state index in [9.17, 15) is 13.2 Å².